The number of sulfonamides is 1. The first-order chi connectivity index (χ1) is 20.7. The number of hydrogen-bond acceptors (Lipinski definition) is 7. The molecule has 1 aliphatic rings. The predicted octanol–water partition coefficient (Wildman–Crippen LogP) is 5.96. The second kappa shape index (κ2) is 12.0. The molecule has 0 atom stereocenters. The van der Waals surface area contributed by atoms with E-state index in [9.17, 15) is 13.2 Å². The standard InChI is InChI=1S/C30H31ClF2N6O4S/c1-30(2,3)43-29(40)38-13-11-37(12-14-38)21-5-6-26(24(32)17-21)39-18-23(28(35-39)19-7-9-34-10-8-19)22-15-20(31)16-25(27(22)33)36-44(4,41)42/h5-10,15-18,36H,11-14H2,1-4H3. The summed E-state index contributed by atoms with van der Waals surface area (Å²) < 4.78 is 64.0. The minimum absolute atomic E-state index is 0.0263. The van der Waals surface area contributed by atoms with Gasteiger partial charge in [0.2, 0.25) is 10.0 Å². The van der Waals surface area contributed by atoms with Gasteiger partial charge in [-0.3, -0.25) is 9.71 Å². The van der Waals surface area contributed by atoms with E-state index in [0.717, 1.165) is 6.26 Å². The fourth-order valence-electron chi connectivity index (χ4n) is 4.83. The third-order valence-corrected chi connectivity index (χ3v) is 7.57. The van der Waals surface area contributed by atoms with Crippen molar-refractivity contribution < 1.29 is 26.7 Å². The molecule has 4 aromatic rings. The maximum atomic E-state index is 15.7. The van der Waals surface area contributed by atoms with Gasteiger partial charge in [0.05, 0.1) is 11.9 Å². The van der Waals surface area contributed by atoms with Crippen LogP contribution in [0.15, 0.2) is 61.1 Å². The Morgan fingerprint density at radius 2 is 1.68 bits per heavy atom. The Morgan fingerprint density at radius 3 is 2.30 bits per heavy atom. The van der Waals surface area contributed by atoms with Gasteiger partial charge in [0, 0.05) is 72.2 Å². The molecule has 1 amide bonds. The van der Waals surface area contributed by atoms with Gasteiger partial charge in [-0.2, -0.15) is 5.10 Å². The fraction of sp³-hybridized carbons (Fsp3) is 0.300. The summed E-state index contributed by atoms with van der Waals surface area (Å²) in [6.07, 6.45) is 5.07. The predicted molar refractivity (Wildman–Crippen MR) is 166 cm³/mol. The molecule has 0 spiro atoms. The lowest BCUT2D eigenvalue weighted by Gasteiger charge is -2.36. The van der Waals surface area contributed by atoms with Crippen LogP contribution in [0.3, 0.4) is 0 Å². The van der Waals surface area contributed by atoms with Crippen LogP contribution in [-0.4, -0.2) is 72.2 Å². The van der Waals surface area contributed by atoms with Gasteiger partial charge in [-0.25, -0.2) is 26.7 Å². The van der Waals surface area contributed by atoms with Gasteiger partial charge >= 0.3 is 6.09 Å². The van der Waals surface area contributed by atoms with Crippen LogP contribution in [0.5, 0.6) is 0 Å². The summed E-state index contributed by atoms with van der Waals surface area (Å²) in [5.74, 6) is -1.44. The molecule has 2 aromatic heterocycles. The van der Waals surface area contributed by atoms with E-state index in [0.29, 0.717) is 43.1 Å². The normalized spacial score (nSPS) is 14.1. The molecule has 1 saturated heterocycles. The van der Waals surface area contributed by atoms with Crippen molar-refractivity contribution >= 4 is 39.1 Å². The summed E-state index contributed by atoms with van der Waals surface area (Å²) in [5.41, 5.74) is 0.937. The molecule has 5 rings (SSSR count). The average Bonchev–Trinajstić information content (AvgIpc) is 3.38. The summed E-state index contributed by atoms with van der Waals surface area (Å²) in [5, 5.41) is 4.68. The number of piperazine rings is 1. The number of amides is 1. The second-order valence-corrected chi connectivity index (χ2v) is 13.5. The van der Waals surface area contributed by atoms with E-state index in [4.69, 9.17) is 16.3 Å². The Morgan fingerprint density at radius 1 is 1.00 bits per heavy atom. The van der Waals surface area contributed by atoms with Gasteiger partial charge < -0.3 is 14.5 Å². The quantitative estimate of drug-likeness (QED) is 0.276. The van der Waals surface area contributed by atoms with Crippen molar-refractivity contribution in [1.82, 2.24) is 19.7 Å². The smallest absolute Gasteiger partial charge is 0.410 e. The van der Waals surface area contributed by atoms with Gasteiger partial charge in [0.25, 0.3) is 0 Å². The largest absolute Gasteiger partial charge is 0.444 e. The van der Waals surface area contributed by atoms with E-state index in [-0.39, 0.29) is 33.6 Å². The monoisotopic (exact) mass is 644 g/mol. The number of benzene rings is 2. The highest BCUT2D eigenvalue weighted by molar-refractivity contribution is 7.92. The summed E-state index contributed by atoms with van der Waals surface area (Å²) >= 11 is 6.26. The molecule has 44 heavy (non-hydrogen) atoms. The zero-order valence-corrected chi connectivity index (χ0v) is 26.1. The summed E-state index contributed by atoms with van der Waals surface area (Å²) in [4.78, 5) is 20.0. The van der Waals surface area contributed by atoms with Gasteiger partial charge in [-0.1, -0.05) is 11.6 Å². The molecular formula is C30H31ClF2N6O4S. The van der Waals surface area contributed by atoms with E-state index in [1.54, 1.807) is 41.6 Å². The lowest BCUT2D eigenvalue weighted by Crippen LogP contribution is -2.50. The van der Waals surface area contributed by atoms with E-state index >= 15 is 8.78 Å². The molecule has 0 aliphatic carbocycles. The third-order valence-electron chi connectivity index (χ3n) is 6.77. The van der Waals surface area contributed by atoms with E-state index < -0.39 is 27.3 Å². The number of carbonyl (C=O) groups excluding carboxylic acids is 1. The van der Waals surface area contributed by atoms with Gasteiger partial charge in [0.1, 0.15) is 17.0 Å². The van der Waals surface area contributed by atoms with Crippen molar-refractivity contribution in [3.63, 3.8) is 0 Å². The van der Waals surface area contributed by atoms with Crippen molar-refractivity contribution in [2.45, 2.75) is 26.4 Å². The maximum absolute atomic E-state index is 15.7. The number of rotatable bonds is 6. The number of hydrogen-bond donors (Lipinski definition) is 1. The molecule has 14 heteroatoms. The first-order valence-electron chi connectivity index (χ1n) is 13.7. The number of carbonyl (C=O) groups is 1. The second-order valence-electron chi connectivity index (χ2n) is 11.4. The molecule has 3 heterocycles. The fourth-order valence-corrected chi connectivity index (χ4v) is 5.59. The van der Waals surface area contributed by atoms with Gasteiger partial charge in [0.15, 0.2) is 11.6 Å². The van der Waals surface area contributed by atoms with E-state index in [1.807, 2.05) is 25.7 Å². The van der Waals surface area contributed by atoms with Crippen LogP contribution in [-0.2, 0) is 14.8 Å². The van der Waals surface area contributed by atoms with Crippen molar-refractivity contribution in [2.24, 2.45) is 0 Å². The van der Waals surface area contributed by atoms with Crippen LogP contribution >= 0.6 is 11.6 Å². The topological polar surface area (TPSA) is 110 Å². The summed E-state index contributed by atoms with van der Waals surface area (Å²) in [6.45, 7) is 7.28. The number of halogens is 3. The highest BCUT2D eigenvalue weighted by atomic mass is 35.5. The number of nitrogens with zero attached hydrogens (tertiary/aromatic N) is 5. The molecular weight excluding hydrogens is 614 g/mol. The van der Waals surface area contributed by atoms with Crippen molar-refractivity contribution in [3.05, 3.63) is 77.7 Å². The molecule has 1 aliphatic heterocycles. The Bertz CT molecular complexity index is 1800. The molecule has 10 nitrogen and oxygen atoms in total. The number of aromatic nitrogens is 3. The van der Waals surface area contributed by atoms with Crippen LogP contribution in [0.25, 0.3) is 28.1 Å². The highest BCUT2D eigenvalue weighted by Gasteiger charge is 2.27. The van der Waals surface area contributed by atoms with Crippen LogP contribution < -0.4 is 9.62 Å². The average molecular weight is 645 g/mol. The number of nitrogens with one attached hydrogen (secondary N) is 1. The van der Waals surface area contributed by atoms with Crippen molar-refractivity contribution in [1.29, 1.82) is 0 Å². The Kier molecular flexibility index (Phi) is 8.54. The first kappa shape index (κ1) is 31.2. The molecule has 0 bridgehead atoms. The minimum Gasteiger partial charge on any atom is -0.444 e. The maximum Gasteiger partial charge on any atom is 0.410 e. The zero-order chi connectivity index (χ0) is 31.8. The Balaban J connectivity index is 1.47. The highest BCUT2D eigenvalue weighted by Crippen LogP contribution is 2.38. The summed E-state index contributed by atoms with van der Waals surface area (Å²) in [7, 11) is -3.81. The molecule has 1 fully saturated rings. The molecule has 0 saturated carbocycles. The van der Waals surface area contributed by atoms with Gasteiger partial charge in [-0.15, -0.1) is 0 Å². The molecule has 0 unspecified atom stereocenters. The summed E-state index contributed by atoms with van der Waals surface area (Å²) in [6, 6.07) is 10.6. The molecule has 232 valence electrons. The van der Waals surface area contributed by atoms with Crippen LogP contribution in [0.4, 0.5) is 25.0 Å². The number of anilines is 2. The molecule has 2 aromatic carbocycles. The third kappa shape index (κ3) is 7.11. The lowest BCUT2D eigenvalue weighted by atomic mass is 10.0. The first-order valence-corrected chi connectivity index (χ1v) is 16.0. The Labute approximate surface area is 259 Å². The van der Waals surface area contributed by atoms with Crippen LogP contribution in [0, 0.1) is 11.6 Å². The van der Waals surface area contributed by atoms with Crippen LogP contribution in [0.1, 0.15) is 20.8 Å². The zero-order valence-electron chi connectivity index (χ0n) is 24.5. The lowest BCUT2D eigenvalue weighted by molar-refractivity contribution is 0.0240. The SMILES string of the molecule is CC(C)(C)OC(=O)N1CCN(c2ccc(-n3cc(-c4cc(Cl)cc(NS(C)(=O)=O)c4F)c(-c4ccncc4)n3)c(F)c2)CC1. The van der Waals surface area contributed by atoms with Gasteiger partial charge in [-0.05, 0) is 63.2 Å². The van der Waals surface area contributed by atoms with Crippen molar-refractivity contribution in [2.75, 3.05) is 42.1 Å². The molecule has 1 N–H and O–H groups in total. The van der Waals surface area contributed by atoms with E-state index in [2.05, 4.69) is 14.8 Å². The molecule has 0 radical (unpaired) electrons. The Hall–Kier alpha value is -4.23. The number of pyridine rings is 1. The number of ether oxygens (including phenoxy) is 1. The minimum atomic E-state index is -3.81. The van der Waals surface area contributed by atoms with Crippen molar-refractivity contribution in [3.8, 4) is 28.1 Å². The van der Waals surface area contributed by atoms with Crippen LogP contribution in [0.2, 0.25) is 5.02 Å². The van der Waals surface area contributed by atoms with E-state index in [1.165, 1.54) is 29.1 Å².